The van der Waals surface area contributed by atoms with E-state index in [-0.39, 0.29) is 5.25 Å². The van der Waals surface area contributed by atoms with Crippen LogP contribution in [-0.4, -0.2) is 31.2 Å². The topological polar surface area (TPSA) is 60.7 Å². The molecule has 0 saturated heterocycles. The average Bonchev–Trinajstić information content (AvgIpc) is 2.88. The van der Waals surface area contributed by atoms with Crippen LogP contribution in [0.15, 0.2) is 23.4 Å². The maximum absolute atomic E-state index is 12.0. The van der Waals surface area contributed by atoms with Gasteiger partial charge < -0.3 is 0 Å². The van der Waals surface area contributed by atoms with Crippen LogP contribution in [0.1, 0.15) is 36.8 Å². The van der Waals surface area contributed by atoms with E-state index in [0.717, 1.165) is 24.9 Å². The smallest absolute Gasteiger partial charge is 0.214 e. The minimum Gasteiger partial charge on any atom is -0.298 e. The second-order valence-electron chi connectivity index (χ2n) is 5.54. The lowest BCUT2D eigenvalue weighted by molar-refractivity contribution is -0.119. The Labute approximate surface area is 128 Å². The van der Waals surface area contributed by atoms with Crippen LogP contribution < -0.4 is 0 Å². The van der Waals surface area contributed by atoms with Crippen molar-refractivity contribution in [3.05, 3.63) is 29.3 Å². The highest BCUT2D eigenvalue weighted by Gasteiger charge is 2.25. The first kappa shape index (κ1) is 14.3. The third-order valence-electron chi connectivity index (χ3n) is 3.64. The number of ketones is 1. The van der Waals surface area contributed by atoms with Gasteiger partial charge >= 0.3 is 0 Å². The normalized spacial score (nSPS) is 19.0. The zero-order chi connectivity index (χ0) is 14.8. The average molecular weight is 302 g/mol. The summed E-state index contributed by atoms with van der Waals surface area (Å²) in [6, 6.07) is 6.22. The SMILES string of the molecule is Cc1cc(C)cc(-n2nnnc2S[C@@H]2CCCCC2=O)c1. The first-order valence-electron chi connectivity index (χ1n) is 7.20. The van der Waals surface area contributed by atoms with E-state index in [1.54, 1.807) is 4.68 Å². The fourth-order valence-corrected chi connectivity index (χ4v) is 3.80. The number of nitrogens with zero attached hydrogens (tertiary/aromatic N) is 4. The molecule has 0 radical (unpaired) electrons. The van der Waals surface area contributed by atoms with Crippen LogP contribution in [0.5, 0.6) is 0 Å². The largest absolute Gasteiger partial charge is 0.298 e. The zero-order valence-corrected chi connectivity index (χ0v) is 13.1. The molecule has 110 valence electrons. The Morgan fingerprint density at radius 1 is 1.19 bits per heavy atom. The molecule has 0 bridgehead atoms. The first-order chi connectivity index (χ1) is 10.1. The van der Waals surface area contributed by atoms with Crippen LogP contribution in [0.4, 0.5) is 0 Å². The van der Waals surface area contributed by atoms with Crippen molar-refractivity contribution in [2.75, 3.05) is 0 Å². The maximum Gasteiger partial charge on any atom is 0.214 e. The summed E-state index contributed by atoms with van der Waals surface area (Å²) in [6.45, 7) is 4.11. The highest BCUT2D eigenvalue weighted by molar-refractivity contribution is 8.00. The highest BCUT2D eigenvalue weighted by atomic mass is 32.2. The van der Waals surface area contributed by atoms with Crippen LogP contribution in [-0.2, 0) is 4.79 Å². The van der Waals surface area contributed by atoms with Crippen molar-refractivity contribution in [1.82, 2.24) is 20.2 Å². The molecule has 5 nitrogen and oxygen atoms in total. The number of aromatic nitrogens is 4. The molecule has 0 amide bonds. The fourth-order valence-electron chi connectivity index (χ4n) is 2.69. The lowest BCUT2D eigenvalue weighted by Gasteiger charge is -2.19. The van der Waals surface area contributed by atoms with E-state index in [1.807, 2.05) is 0 Å². The molecule has 6 heteroatoms. The van der Waals surface area contributed by atoms with Crippen LogP contribution in [0, 0.1) is 13.8 Å². The first-order valence-corrected chi connectivity index (χ1v) is 8.08. The number of hydrogen-bond acceptors (Lipinski definition) is 5. The predicted octanol–water partition coefficient (Wildman–Crippen LogP) is 2.88. The van der Waals surface area contributed by atoms with E-state index in [2.05, 4.69) is 47.6 Å². The summed E-state index contributed by atoms with van der Waals surface area (Å²) in [7, 11) is 0. The van der Waals surface area contributed by atoms with Crippen molar-refractivity contribution in [1.29, 1.82) is 0 Å². The molecule has 1 aromatic carbocycles. The second-order valence-corrected chi connectivity index (χ2v) is 6.71. The number of aryl methyl sites for hydroxylation is 2. The van der Waals surface area contributed by atoms with Gasteiger partial charge in [-0.15, -0.1) is 5.10 Å². The number of hydrogen-bond donors (Lipinski definition) is 0. The van der Waals surface area contributed by atoms with Gasteiger partial charge in [-0.3, -0.25) is 4.79 Å². The summed E-state index contributed by atoms with van der Waals surface area (Å²) in [6.07, 6.45) is 3.72. The molecule has 1 aliphatic rings. The molecule has 0 spiro atoms. The highest BCUT2D eigenvalue weighted by Crippen LogP contribution is 2.31. The molecule has 1 saturated carbocycles. The summed E-state index contributed by atoms with van der Waals surface area (Å²) in [5.74, 6) is 0.321. The number of benzene rings is 1. The lowest BCUT2D eigenvalue weighted by atomic mass is 9.99. The Kier molecular flexibility index (Phi) is 4.05. The molecular formula is C15H18N4OS. The summed E-state index contributed by atoms with van der Waals surface area (Å²) in [5, 5.41) is 12.6. The number of tetrazole rings is 1. The minimum absolute atomic E-state index is 0.00518. The quantitative estimate of drug-likeness (QED) is 0.872. The van der Waals surface area contributed by atoms with Gasteiger partial charge in [0.2, 0.25) is 5.16 Å². The standard InChI is InChI=1S/C15H18N4OS/c1-10-7-11(2)9-12(8-10)19-15(16-17-18-19)21-14-6-4-3-5-13(14)20/h7-9,14H,3-6H2,1-2H3/t14-/m1/s1. The molecular weight excluding hydrogens is 284 g/mol. The minimum atomic E-state index is -0.00518. The zero-order valence-electron chi connectivity index (χ0n) is 12.2. The molecule has 1 aromatic heterocycles. The Hall–Kier alpha value is -1.69. The third-order valence-corrected chi connectivity index (χ3v) is 4.89. The van der Waals surface area contributed by atoms with Crippen LogP contribution in [0.25, 0.3) is 5.69 Å². The van der Waals surface area contributed by atoms with E-state index in [0.29, 0.717) is 17.4 Å². The van der Waals surface area contributed by atoms with E-state index < -0.39 is 0 Å². The van der Waals surface area contributed by atoms with Crippen molar-refractivity contribution < 1.29 is 4.79 Å². The van der Waals surface area contributed by atoms with Gasteiger partial charge in [-0.25, -0.2) is 0 Å². The predicted molar refractivity (Wildman–Crippen MR) is 81.7 cm³/mol. The van der Waals surface area contributed by atoms with E-state index >= 15 is 0 Å². The van der Waals surface area contributed by atoms with Gasteiger partial charge in [-0.2, -0.15) is 4.68 Å². The molecule has 1 heterocycles. The van der Waals surface area contributed by atoms with Crippen molar-refractivity contribution in [2.45, 2.75) is 49.9 Å². The van der Waals surface area contributed by atoms with Gasteiger partial charge in [-0.05, 0) is 60.4 Å². The Balaban J connectivity index is 1.88. The van der Waals surface area contributed by atoms with Crippen molar-refractivity contribution in [3.8, 4) is 5.69 Å². The van der Waals surface area contributed by atoms with Crippen LogP contribution in [0.2, 0.25) is 0 Å². The van der Waals surface area contributed by atoms with Crippen LogP contribution in [0.3, 0.4) is 0 Å². The molecule has 2 aromatic rings. The third kappa shape index (κ3) is 3.15. The van der Waals surface area contributed by atoms with Gasteiger partial charge in [0.1, 0.15) is 5.78 Å². The molecule has 3 rings (SSSR count). The fraction of sp³-hybridized carbons (Fsp3) is 0.467. The maximum atomic E-state index is 12.0. The molecule has 21 heavy (non-hydrogen) atoms. The van der Waals surface area contributed by atoms with Crippen molar-refractivity contribution in [3.63, 3.8) is 0 Å². The van der Waals surface area contributed by atoms with Crippen LogP contribution >= 0.6 is 11.8 Å². The summed E-state index contributed by atoms with van der Waals surface area (Å²) >= 11 is 1.49. The van der Waals surface area contributed by atoms with Gasteiger partial charge in [0.05, 0.1) is 10.9 Å². The molecule has 1 fully saturated rings. The Bertz CT molecular complexity index is 647. The summed E-state index contributed by atoms with van der Waals surface area (Å²) < 4.78 is 1.73. The van der Waals surface area contributed by atoms with E-state index in [9.17, 15) is 4.79 Å². The molecule has 0 aliphatic heterocycles. The molecule has 1 aliphatic carbocycles. The number of carbonyl (C=O) groups excluding carboxylic acids is 1. The van der Waals surface area contributed by atoms with Gasteiger partial charge in [0.25, 0.3) is 0 Å². The van der Waals surface area contributed by atoms with E-state index in [4.69, 9.17) is 0 Å². The molecule has 1 atom stereocenters. The second kappa shape index (κ2) is 5.97. The van der Waals surface area contributed by atoms with Gasteiger partial charge in [-0.1, -0.05) is 24.2 Å². The number of rotatable bonds is 3. The number of thioether (sulfide) groups is 1. The van der Waals surface area contributed by atoms with Gasteiger partial charge in [0, 0.05) is 6.42 Å². The molecule has 0 unspecified atom stereocenters. The summed E-state index contributed by atoms with van der Waals surface area (Å²) in [4.78, 5) is 12.0. The Morgan fingerprint density at radius 2 is 1.95 bits per heavy atom. The monoisotopic (exact) mass is 302 g/mol. The molecule has 0 N–H and O–H groups in total. The summed E-state index contributed by atoms with van der Waals surface area (Å²) in [5.41, 5.74) is 3.29. The lowest BCUT2D eigenvalue weighted by Crippen LogP contribution is -2.21. The Morgan fingerprint density at radius 3 is 2.67 bits per heavy atom. The van der Waals surface area contributed by atoms with E-state index in [1.165, 1.54) is 22.9 Å². The number of Topliss-reactive ketones (excluding diaryl/α,β-unsaturated/α-hetero) is 1. The van der Waals surface area contributed by atoms with Crippen molar-refractivity contribution in [2.24, 2.45) is 0 Å². The number of carbonyl (C=O) groups is 1. The van der Waals surface area contributed by atoms with Gasteiger partial charge in [0.15, 0.2) is 0 Å². The van der Waals surface area contributed by atoms with Crippen molar-refractivity contribution >= 4 is 17.5 Å².